The van der Waals surface area contributed by atoms with Crippen LogP contribution in [-0.2, 0) is 10.0 Å². The molecule has 1 aromatic rings. The van der Waals surface area contributed by atoms with Crippen LogP contribution in [0.2, 0.25) is 5.02 Å². The van der Waals surface area contributed by atoms with E-state index in [9.17, 15) is 12.8 Å². The van der Waals surface area contributed by atoms with Crippen LogP contribution in [0.25, 0.3) is 0 Å². The van der Waals surface area contributed by atoms with Crippen molar-refractivity contribution in [2.75, 3.05) is 6.54 Å². The van der Waals surface area contributed by atoms with Crippen molar-refractivity contribution in [2.45, 2.75) is 37.1 Å². The van der Waals surface area contributed by atoms with Crippen LogP contribution in [0, 0.1) is 5.82 Å². The number of unbranched alkanes of at least 4 members (excludes halogenated alkanes) is 1. The number of benzene rings is 1. The minimum atomic E-state index is -4.00. The molecule has 19 heavy (non-hydrogen) atoms. The van der Waals surface area contributed by atoms with E-state index in [0.29, 0.717) is 6.42 Å². The molecular weight excluding hydrogens is 291 g/mol. The van der Waals surface area contributed by atoms with Crippen LogP contribution in [0.4, 0.5) is 4.39 Å². The Hall–Kier alpha value is -0.690. The van der Waals surface area contributed by atoms with Crippen molar-refractivity contribution in [2.24, 2.45) is 5.73 Å². The molecule has 0 amide bonds. The molecule has 1 unspecified atom stereocenters. The van der Waals surface area contributed by atoms with Crippen molar-refractivity contribution < 1.29 is 12.8 Å². The molecule has 0 fully saturated rings. The molecule has 1 atom stereocenters. The summed E-state index contributed by atoms with van der Waals surface area (Å²) >= 11 is 5.75. The molecule has 1 aromatic carbocycles. The lowest BCUT2D eigenvalue weighted by molar-refractivity contribution is 0.509. The second-order valence-electron chi connectivity index (χ2n) is 4.25. The number of halogens is 2. The lowest BCUT2D eigenvalue weighted by Crippen LogP contribution is -2.40. The summed E-state index contributed by atoms with van der Waals surface area (Å²) in [5, 5.41) is -0.140. The van der Waals surface area contributed by atoms with Crippen LogP contribution in [0.1, 0.15) is 26.2 Å². The van der Waals surface area contributed by atoms with Gasteiger partial charge in [0, 0.05) is 12.6 Å². The number of rotatable bonds is 7. The van der Waals surface area contributed by atoms with E-state index in [4.69, 9.17) is 17.3 Å². The van der Waals surface area contributed by atoms with E-state index < -0.39 is 26.8 Å². The van der Waals surface area contributed by atoms with Gasteiger partial charge < -0.3 is 5.73 Å². The van der Waals surface area contributed by atoms with Gasteiger partial charge in [0.2, 0.25) is 10.0 Å². The Bertz CT molecular complexity index is 502. The standard InChI is InChI=1S/C12H18ClFN2O2S/c1-2-3-5-9(8-15)16-19(17,18)12-10(13)6-4-7-11(12)14/h4,6-7,9,16H,2-3,5,8,15H2,1H3. The minimum Gasteiger partial charge on any atom is -0.329 e. The van der Waals surface area contributed by atoms with Gasteiger partial charge in [0.1, 0.15) is 10.7 Å². The van der Waals surface area contributed by atoms with Gasteiger partial charge in [-0.05, 0) is 18.6 Å². The highest BCUT2D eigenvalue weighted by Gasteiger charge is 2.25. The second-order valence-corrected chi connectivity index (χ2v) is 6.30. The molecule has 0 aliphatic rings. The summed E-state index contributed by atoms with van der Waals surface area (Å²) in [6, 6.07) is 3.33. The fraction of sp³-hybridized carbons (Fsp3) is 0.500. The number of hydrogen-bond donors (Lipinski definition) is 2. The Kier molecular flexibility index (Phi) is 6.19. The molecule has 0 saturated carbocycles. The zero-order valence-corrected chi connectivity index (χ0v) is 12.3. The summed E-state index contributed by atoms with van der Waals surface area (Å²) in [7, 11) is -4.00. The molecule has 1 rings (SSSR count). The summed E-state index contributed by atoms with van der Waals surface area (Å²) in [5.41, 5.74) is 5.52. The van der Waals surface area contributed by atoms with Gasteiger partial charge in [0.25, 0.3) is 0 Å². The largest absolute Gasteiger partial charge is 0.329 e. The first-order chi connectivity index (χ1) is 8.92. The van der Waals surface area contributed by atoms with Gasteiger partial charge in [-0.2, -0.15) is 0 Å². The third kappa shape index (κ3) is 4.42. The summed E-state index contributed by atoms with van der Waals surface area (Å²) in [6.07, 6.45) is 2.38. The Morgan fingerprint density at radius 2 is 2.16 bits per heavy atom. The quantitative estimate of drug-likeness (QED) is 0.811. The van der Waals surface area contributed by atoms with Gasteiger partial charge in [0.15, 0.2) is 0 Å². The first kappa shape index (κ1) is 16.4. The molecule has 7 heteroatoms. The highest BCUT2D eigenvalue weighted by Crippen LogP contribution is 2.24. The average Bonchev–Trinajstić information content (AvgIpc) is 2.33. The average molecular weight is 309 g/mol. The highest BCUT2D eigenvalue weighted by atomic mass is 35.5. The number of sulfonamides is 1. The molecule has 0 spiro atoms. The SMILES string of the molecule is CCCCC(CN)NS(=O)(=O)c1c(F)cccc1Cl. The van der Waals surface area contributed by atoms with E-state index >= 15 is 0 Å². The van der Waals surface area contributed by atoms with Crippen molar-refractivity contribution in [3.05, 3.63) is 29.0 Å². The van der Waals surface area contributed by atoms with Crippen LogP contribution in [-0.4, -0.2) is 21.0 Å². The predicted octanol–water partition coefficient (Wildman–Crippen LogP) is 2.27. The lowest BCUT2D eigenvalue weighted by Gasteiger charge is -2.17. The Labute approximate surface area is 118 Å². The zero-order chi connectivity index (χ0) is 14.5. The fourth-order valence-electron chi connectivity index (χ4n) is 1.69. The van der Waals surface area contributed by atoms with Crippen molar-refractivity contribution in [3.8, 4) is 0 Å². The maximum atomic E-state index is 13.6. The molecule has 0 aromatic heterocycles. The topological polar surface area (TPSA) is 72.2 Å². The number of nitrogens with one attached hydrogen (secondary N) is 1. The van der Waals surface area contributed by atoms with E-state index in [2.05, 4.69) is 4.72 Å². The normalized spacial score (nSPS) is 13.5. The van der Waals surface area contributed by atoms with E-state index in [1.54, 1.807) is 0 Å². The molecule has 0 bridgehead atoms. The molecule has 4 nitrogen and oxygen atoms in total. The van der Waals surface area contributed by atoms with Gasteiger partial charge in [-0.1, -0.05) is 37.4 Å². The second kappa shape index (κ2) is 7.19. The Morgan fingerprint density at radius 1 is 1.47 bits per heavy atom. The van der Waals surface area contributed by atoms with Crippen LogP contribution < -0.4 is 10.5 Å². The fourth-order valence-corrected chi connectivity index (χ4v) is 3.58. The van der Waals surface area contributed by atoms with Gasteiger partial charge in [-0.15, -0.1) is 0 Å². The van der Waals surface area contributed by atoms with Gasteiger partial charge in [-0.3, -0.25) is 0 Å². The monoisotopic (exact) mass is 308 g/mol. The van der Waals surface area contributed by atoms with Crippen molar-refractivity contribution >= 4 is 21.6 Å². The van der Waals surface area contributed by atoms with Crippen molar-refractivity contribution in [3.63, 3.8) is 0 Å². The highest BCUT2D eigenvalue weighted by molar-refractivity contribution is 7.89. The molecular formula is C12H18ClFN2O2S. The smallest absolute Gasteiger partial charge is 0.245 e. The van der Waals surface area contributed by atoms with Gasteiger partial charge in [0.05, 0.1) is 5.02 Å². The Morgan fingerprint density at radius 3 is 2.68 bits per heavy atom. The Balaban J connectivity index is 2.97. The molecule has 0 aliphatic heterocycles. The molecule has 0 saturated heterocycles. The predicted molar refractivity (Wildman–Crippen MR) is 74.1 cm³/mol. The van der Waals surface area contributed by atoms with Crippen molar-refractivity contribution in [1.82, 2.24) is 4.72 Å². The van der Waals surface area contributed by atoms with Crippen LogP contribution >= 0.6 is 11.6 Å². The first-order valence-electron chi connectivity index (χ1n) is 6.08. The van der Waals surface area contributed by atoms with Gasteiger partial charge >= 0.3 is 0 Å². The van der Waals surface area contributed by atoms with Crippen LogP contribution in [0.5, 0.6) is 0 Å². The number of hydrogen-bond acceptors (Lipinski definition) is 3. The third-order valence-corrected chi connectivity index (χ3v) is 4.72. The molecule has 3 N–H and O–H groups in total. The summed E-state index contributed by atoms with van der Waals surface area (Å²) < 4.78 is 40.2. The third-order valence-electron chi connectivity index (χ3n) is 2.70. The van der Waals surface area contributed by atoms with Crippen LogP contribution in [0.3, 0.4) is 0 Å². The molecule has 108 valence electrons. The molecule has 0 radical (unpaired) electrons. The minimum absolute atomic E-state index is 0.140. The molecule has 0 aliphatic carbocycles. The van der Waals surface area contributed by atoms with Crippen LogP contribution in [0.15, 0.2) is 23.1 Å². The van der Waals surface area contributed by atoms with Crippen molar-refractivity contribution in [1.29, 1.82) is 0 Å². The van der Waals surface area contributed by atoms with E-state index in [0.717, 1.165) is 18.9 Å². The van der Waals surface area contributed by atoms with E-state index in [-0.39, 0.29) is 11.6 Å². The van der Waals surface area contributed by atoms with E-state index in [1.165, 1.54) is 12.1 Å². The molecule has 0 heterocycles. The lowest BCUT2D eigenvalue weighted by atomic mass is 10.1. The summed E-state index contributed by atoms with van der Waals surface area (Å²) in [6.45, 7) is 2.15. The first-order valence-corrected chi connectivity index (χ1v) is 7.95. The maximum absolute atomic E-state index is 13.6. The summed E-state index contributed by atoms with van der Waals surface area (Å²) in [4.78, 5) is -0.522. The maximum Gasteiger partial charge on any atom is 0.245 e. The van der Waals surface area contributed by atoms with Gasteiger partial charge in [-0.25, -0.2) is 17.5 Å². The van der Waals surface area contributed by atoms with E-state index in [1.807, 2.05) is 6.92 Å². The summed E-state index contributed by atoms with van der Waals surface area (Å²) in [5.74, 6) is -0.869. The number of nitrogens with two attached hydrogens (primary N) is 1. The zero-order valence-electron chi connectivity index (χ0n) is 10.7.